The molecule has 1 saturated heterocycles. The number of anilines is 1. The predicted octanol–water partition coefficient (Wildman–Crippen LogP) is 2.69. The Morgan fingerprint density at radius 3 is 2.62 bits per heavy atom. The summed E-state index contributed by atoms with van der Waals surface area (Å²) in [7, 11) is 0. The Morgan fingerprint density at radius 1 is 0.949 bits per heavy atom. The largest absolute Gasteiger partial charge is 0.487 e. The van der Waals surface area contributed by atoms with Crippen molar-refractivity contribution < 1.29 is 33.6 Å². The Labute approximate surface area is 225 Å². The number of nitrogens with zero attached hydrogens (tertiary/aromatic N) is 1. The predicted molar refractivity (Wildman–Crippen MR) is 140 cm³/mol. The Kier molecular flexibility index (Phi) is 7.04. The number of pyridine rings is 1. The molecule has 1 aromatic heterocycles. The first kappa shape index (κ1) is 25.1. The fraction of sp³-hybridized carbons (Fsp3) is 0.345. The maximum atomic E-state index is 12.8. The summed E-state index contributed by atoms with van der Waals surface area (Å²) in [5.41, 5.74) is 3.39. The quantitative estimate of drug-likeness (QED) is 0.405. The molecule has 2 amide bonds. The van der Waals surface area contributed by atoms with E-state index in [0.717, 1.165) is 16.7 Å². The first-order valence-electron chi connectivity index (χ1n) is 13.0. The highest BCUT2D eigenvalue weighted by atomic mass is 16.7. The van der Waals surface area contributed by atoms with Crippen LogP contribution in [-0.2, 0) is 27.3 Å². The molecule has 0 aliphatic carbocycles. The maximum Gasteiger partial charge on any atom is 0.231 e. The van der Waals surface area contributed by atoms with Gasteiger partial charge >= 0.3 is 0 Å². The van der Waals surface area contributed by atoms with Crippen molar-refractivity contribution in [2.24, 2.45) is 0 Å². The standard InChI is InChI=1S/C29H29N3O7/c33-15-26-29-22(12-20(38-26)13-27(34)31-14-18-1-3-24-25(9-18)37-16-36-24)21-11-19(2-4-23(21)39-29)32-28(35)10-17-5-7-30-8-6-17/h1-9,11,20,22,26,29,33H,10,12-16H2,(H,31,34)(H,32,35)/t20-,22-,26+,29+/m0/s1. The fourth-order valence-corrected chi connectivity index (χ4v) is 5.39. The van der Waals surface area contributed by atoms with Crippen molar-refractivity contribution in [1.82, 2.24) is 10.3 Å². The summed E-state index contributed by atoms with van der Waals surface area (Å²) in [6.45, 7) is 0.330. The maximum absolute atomic E-state index is 12.8. The van der Waals surface area contributed by atoms with Crippen molar-refractivity contribution in [2.75, 3.05) is 18.7 Å². The van der Waals surface area contributed by atoms with E-state index < -0.39 is 6.10 Å². The third-order valence-electron chi connectivity index (χ3n) is 7.24. The van der Waals surface area contributed by atoms with E-state index in [1.807, 2.05) is 42.5 Å². The van der Waals surface area contributed by atoms with Crippen LogP contribution in [0.5, 0.6) is 17.2 Å². The number of hydrogen-bond acceptors (Lipinski definition) is 8. The number of aliphatic hydroxyl groups excluding tert-OH is 1. The third kappa shape index (κ3) is 5.52. The topological polar surface area (TPSA) is 128 Å². The van der Waals surface area contributed by atoms with Gasteiger partial charge in [-0.15, -0.1) is 0 Å². The van der Waals surface area contributed by atoms with Gasteiger partial charge in [-0.1, -0.05) is 6.07 Å². The Morgan fingerprint density at radius 2 is 1.77 bits per heavy atom. The second kappa shape index (κ2) is 10.9. The van der Waals surface area contributed by atoms with Crippen molar-refractivity contribution in [3.8, 4) is 17.2 Å². The van der Waals surface area contributed by atoms with Gasteiger partial charge in [-0.2, -0.15) is 0 Å². The molecule has 39 heavy (non-hydrogen) atoms. The normalized spacial score (nSPS) is 22.4. The number of rotatable bonds is 8. The van der Waals surface area contributed by atoms with Gasteiger partial charge in [0.05, 0.1) is 25.6 Å². The van der Waals surface area contributed by atoms with Gasteiger partial charge in [-0.05, 0) is 60.0 Å². The van der Waals surface area contributed by atoms with Crippen LogP contribution in [0, 0.1) is 0 Å². The van der Waals surface area contributed by atoms with Crippen LogP contribution in [0.2, 0.25) is 0 Å². The van der Waals surface area contributed by atoms with Crippen LogP contribution in [0.4, 0.5) is 5.69 Å². The minimum Gasteiger partial charge on any atom is -0.487 e. The minimum atomic E-state index is -0.562. The Balaban J connectivity index is 1.09. The monoisotopic (exact) mass is 531 g/mol. The number of carbonyl (C=O) groups excluding carboxylic acids is 2. The van der Waals surface area contributed by atoms with Gasteiger partial charge in [0.2, 0.25) is 18.6 Å². The van der Waals surface area contributed by atoms with Gasteiger partial charge in [0.25, 0.3) is 0 Å². The number of fused-ring (bicyclic) bond motifs is 4. The smallest absolute Gasteiger partial charge is 0.231 e. The van der Waals surface area contributed by atoms with Gasteiger partial charge in [-0.3, -0.25) is 14.6 Å². The second-order valence-corrected chi connectivity index (χ2v) is 9.91. The molecule has 0 saturated carbocycles. The molecule has 3 aromatic rings. The van der Waals surface area contributed by atoms with Crippen LogP contribution in [-0.4, -0.2) is 53.6 Å². The van der Waals surface area contributed by atoms with Crippen LogP contribution in [0.25, 0.3) is 0 Å². The molecule has 0 unspecified atom stereocenters. The Bertz CT molecular complexity index is 1370. The lowest BCUT2D eigenvalue weighted by molar-refractivity contribution is -0.142. The van der Waals surface area contributed by atoms with Gasteiger partial charge in [0, 0.05) is 36.1 Å². The lowest BCUT2D eigenvalue weighted by Gasteiger charge is -2.37. The van der Waals surface area contributed by atoms with Gasteiger partial charge in [0.15, 0.2) is 11.5 Å². The number of ether oxygens (including phenoxy) is 4. The summed E-state index contributed by atoms with van der Waals surface area (Å²) < 4.78 is 22.9. The van der Waals surface area contributed by atoms with E-state index in [2.05, 4.69) is 15.6 Å². The van der Waals surface area contributed by atoms with Gasteiger partial charge < -0.3 is 34.7 Å². The molecule has 3 N–H and O–H groups in total. The van der Waals surface area contributed by atoms with Crippen LogP contribution in [0.3, 0.4) is 0 Å². The summed E-state index contributed by atoms with van der Waals surface area (Å²) in [6.07, 6.45) is 2.96. The molecule has 10 nitrogen and oxygen atoms in total. The van der Waals surface area contributed by atoms with Gasteiger partial charge in [-0.25, -0.2) is 0 Å². The zero-order valence-corrected chi connectivity index (χ0v) is 21.2. The summed E-state index contributed by atoms with van der Waals surface area (Å²) in [5.74, 6) is 1.71. The zero-order valence-electron chi connectivity index (χ0n) is 21.2. The summed E-state index contributed by atoms with van der Waals surface area (Å²) >= 11 is 0. The molecule has 0 spiro atoms. The van der Waals surface area contributed by atoms with E-state index in [1.54, 1.807) is 18.5 Å². The molecule has 3 aliphatic rings. The van der Waals surface area contributed by atoms with Crippen LogP contribution >= 0.6 is 0 Å². The molecule has 10 heteroatoms. The average molecular weight is 532 g/mol. The molecule has 6 rings (SSSR count). The van der Waals surface area contributed by atoms with Crippen LogP contribution < -0.4 is 24.8 Å². The third-order valence-corrected chi connectivity index (χ3v) is 7.24. The minimum absolute atomic E-state index is 0.0744. The second-order valence-electron chi connectivity index (χ2n) is 9.91. The van der Waals surface area contributed by atoms with Crippen molar-refractivity contribution in [2.45, 2.75) is 50.0 Å². The molecular formula is C29H29N3O7. The first-order valence-corrected chi connectivity index (χ1v) is 13.0. The van der Waals surface area contributed by atoms with E-state index in [-0.39, 0.29) is 56.2 Å². The highest BCUT2D eigenvalue weighted by Crippen LogP contribution is 2.47. The highest BCUT2D eigenvalue weighted by Gasteiger charge is 2.46. The number of amides is 2. The molecule has 4 atom stereocenters. The van der Waals surface area contributed by atoms with Crippen molar-refractivity contribution in [1.29, 1.82) is 0 Å². The fourth-order valence-electron chi connectivity index (χ4n) is 5.39. The number of hydrogen-bond donors (Lipinski definition) is 3. The van der Waals surface area contributed by atoms with E-state index >= 15 is 0 Å². The lowest BCUT2D eigenvalue weighted by atomic mass is 9.84. The number of aliphatic hydroxyl groups is 1. The molecule has 2 aromatic carbocycles. The first-order chi connectivity index (χ1) is 19.1. The molecule has 3 aliphatic heterocycles. The van der Waals surface area contributed by atoms with Crippen molar-refractivity contribution in [3.63, 3.8) is 0 Å². The van der Waals surface area contributed by atoms with E-state index in [4.69, 9.17) is 18.9 Å². The zero-order chi connectivity index (χ0) is 26.8. The molecular weight excluding hydrogens is 502 g/mol. The number of nitrogens with one attached hydrogen (secondary N) is 2. The highest BCUT2D eigenvalue weighted by molar-refractivity contribution is 5.92. The van der Waals surface area contributed by atoms with Crippen LogP contribution in [0.1, 0.15) is 35.4 Å². The molecule has 0 bridgehead atoms. The van der Waals surface area contributed by atoms with E-state index in [9.17, 15) is 14.7 Å². The SMILES string of the molecule is O=C(C[C@@H]1C[C@H]2c3cc(NC(=O)Cc4ccncc4)ccc3O[C@H]2[C@@H](CO)O1)NCc1ccc2c(c1)OCO2. The van der Waals surface area contributed by atoms with E-state index in [1.165, 1.54) is 0 Å². The summed E-state index contributed by atoms with van der Waals surface area (Å²) in [6, 6.07) is 14.7. The van der Waals surface area contributed by atoms with Crippen molar-refractivity contribution in [3.05, 3.63) is 77.6 Å². The summed E-state index contributed by atoms with van der Waals surface area (Å²) in [4.78, 5) is 29.3. The number of carbonyl (C=O) groups is 2. The van der Waals surface area contributed by atoms with Crippen LogP contribution in [0.15, 0.2) is 60.9 Å². The number of benzene rings is 2. The Hall–Kier alpha value is -4.15. The molecule has 0 radical (unpaired) electrons. The molecule has 202 valence electrons. The number of aromatic nitrogens is 1. The summed E-state index contributed by atoms with van der Waals surface area (Å²) in [5, 5.41) is 15.9. The van der Waals surface area contributed by atoms with Gasteiger partial charge in [0.1, 0.15) is 18.0 Å². The van der Waals surface area contributed by atoms with Crippen molar-refractivity contribution >= 4 is 17.5 Å². The lowest BCUT2D eigenvalue weighted by Crippen LogP contribution is -2.47. The average Bonchev–Trinajstić information content (AvgIpc) is 3.56. The molecule has 4 heterocycles. The van der Waals surface area contributed by atoms with E-state index in [0.29, 0.717) is 35.9 Å². The molecule has 1 fully saturated rings.